The lowest BCUT2D eigenvalue weighted by molar-refractivity contribution is 0.788. The predicted octanol–water partition coefficient (Wildman–Crippen LogP) is 2.16. The lowest BCUT2D eigenvalue weighted by Crippen LogP contribution is -2.25. The number of benzene rings is 1. The van der Waals surface area contributed by atoms with Crippen LogP contribution < -0.4 is 10.9 Å². The molecule has 0 saturated carbocycles. The summed E-state index contributed by atoms with van der Waals surface area (Å²) in [5.41, 5.74) is 3.39. The van der Waals surface area contributed by atoms with E-state index < -0.39 is 0 Å². The molecule has 4 heteroatoms. The van der Waals surface area contributed by atoms with Gasteiger partial charge < -0.3 is 9.88 Å². The van der Waals surface area contributed by atoms with Crippen molar-refractivity contribution >= 4 is 22.3 Å². The molecule has 0 unspecified atom stereocenters. The number of para-hydroxylation sites is 1. The van der Waals surface area contributed by atoms with Gasteiger partial charge in [0.1, 0.15) is 0 Å². The van der Waals surface area contributed by atoms with Crippen molar-refractivity contribution in [3.63, 3.8) is 0 Å². The monoisotopic (exact) mass is 255 g/mol. The molecule has 0 bridgehead atoms. The Bertz CT molecular complexity index is 743. The number of nitrogens with zero attached hydrogens (tertiary/aromatic N) is 2. The van der Waals surface area contributed by atoms with Gasteiger partial charge in [-0.05, 0) is 19.9 Å². The fraction of sp³-hybridized carbons (Fsp3) is 0.333. The molecule has 1 atom stereocenters. The molecule has 1 aliphatic heterocycles. The Balaban J connectivity index is 2.47. The molecule has 0 aliphatic carbocycles. The largest absolute Gasteiger partial charge is 0.382 e. The summed E-state index contributed by atoms with van der Waals surface area (Å²) in [5, 5.41) is 4.46. The lowest BCUT2D eigenvalue weighted by Gasteiger charge is -2.14. The van der Waals surface area contributed by atoms with Crippen LogP contribution in [0.15, 0.2) is 34.1 Å². The van der Waals surface area contributed by atoms with Crippen molar-refractivity contribution in [2.75, 3.05) is 11.9 Å². The quantitative estimate of drug-likeness (QED) is 0.784. The van der Waals surface area contributed by atoms with Crippen LogP contribution in [0.5, 0.6) is 0 Å². The van der Waals surface area contributed by atoms with Gasteiger partial charge in [0.25, 0.3) is 5.56 Å². The molecule has 2 aromatic rings. The van der Waals surface area contributed by atoms with Crippen LogP contribution in [0.4, 0.5) is 5.69 Å². The second-order valence-corrected chi connectivity index (χ2v) is 5.08. The Morgan fingerprint density at radius 3 is 2.89 bits per heavy atom. The maximum atomic E-state index is 12.5. The minimum absolute atomic E-state index is 0.0107. The van der Waals surface area contributed by atoms with E-state index in [-0.39, 0.29) is 11.6 Å². The molecule has 2 heterocycles. The maximum absolute atomic E-state index is 12.5. The number of rotatable bonds is 0. The fourth-order valence-electron chi connectivity index (χ4n) is 2.71. The Morgan fingerprint density at radius 2 is 2.11 bits per heavy atom. The van der Waals surface area contributed by atoms with Crippen LogP contribution in [-0.4, -0.2) is 22.9 Å². The molecule has 1 aromatic heterocycles. The standard InChI is InChI=1S/C15H17N3O/c1-9-8-16-14-11-6-4-5-7-12(11)18(3)15(19)13(14)10(2)17-9/h4-7,9,16H,8H2,1-3H3/t9-/m0/s1. The van der Waals surface area contributed by atoms with Crippen LogP contribution in [0.25, 0.3) is 10.9 Å². The van der Waals surface area contributed by atoms with Crippen molar-refractivity contribution in [3.05, 3.63) is 40.2 Å². The van der Waals surface area contributed by atoms with Crippen LogP contribution in [-0.2, 0) is 7.05 Å². The first-order valence-corrected chi connectivity index (χ1v) is 6.50. The number of aliphatic imine (C=N–C) groups is 1. The van der Waals surface area contributed by atoms with Crippen LogP contribution in [0.2, 0.25) is 0 Å². The highest BCUT2D eigenvalue weighted by atomic mass is 16.1. The molecule has 98 valence electrons. The highest BCUT2D eigenvalue weighted by Crippen LogP contribution is 2.27. The normalized spacial score (nSPS) is 18.5. The number of hydrogen-bond donors (Lipinski definition) is 1. The highest BCUT2D eigenvalue weighted by molar-refractivity contribution is 6.10. The molecule has 3 rings (SSSR count). The summed E-state index contributed by atoms with van der Waals surface area (Å²) < 4.78 is 1.70. The SMILES string of the molecule is CC1=N[C@@H](C)CNc2c1c(=O)n(C)c1ccccc21. The number of aryl methyl sites for hydroxylation is 1. The van der Waals surface area contributed by atoms with E-state index >= 15 is 0 Å². The molecular weight excluding hydrogens is 238 g/mol. The number of hydrogen-bond acceptors (Lipinski definition) is 3. The van der Waals surface area contributed by atoms with Crippen LogP contribution in [0.3, 0.4) is 0 Å². The Morgan fingerprint density at radius 1 is 1.37 bits per heavy atom. The zero-order chi connectivity index (χ0) is 13.6. The Kier molecular flexibility index (Phi) is 2.66. The smallest absolute Gasteiger partial charge is 0.261 e. The van der Waals surface area contributed by atoms with E-state index in [9.17, 15) is 4.79 Å². The summed E-state index contributed by atoms with van der Waals surface area (Å²) in [7, 11) is 1.81. The summed E-state index contributed by atoms with van der Waals surface area (Å²) in [6.45, 7) is 4.72. The van der Waals surface area contributed by atoms with Crippen molar-refractivity contribution in [2.24, 2.45) is 12.0 Å². The van der Waals surface area contributed by atoms with Gasteiger partial charge in [0.15, 0.2) is 0 Å². The number of pyridine rings is 1. The van der Waals surface area contributed by atoms with E-state index in [2.05, 4.69) is 17.2 Å². The van der Waals surface area contributed by atoms with Gasteiger partial charge in [-0.2, -0.15) is 0 Å². The third kappa shape index (κ3) is 1.75. The van der Waals surface area contributed by atoms with Crippen molar-refractivity contribution in [2.45, 2.75) is 19.9 Å². The molecule has 0 amide bonds. The van der Waals surface area contributed by atoms with Crippen molar-refractivity contribution in [3.8, 4) is 0 Å². The Labute approximate surface area is 111 Å². The summed E-state index contributed by atoms with van der Waals surface area (Å²) in [4.78, 5) is 17.1. The molecule has 19 heavy (non-hydrogen) atoms. The van der Waals surface area contributed by atoms with Crippen LogP contribution in [0.1, 0.15) is 19.4 Å². The maximum Gasteiger partial charge on any atom is 0.261 e. The molecule has 0 saturated heterocycles. The number of anilines is 1. The van der Waals surface area contributed by atoms with Gasteiger partial charge in [-0.1, -0.05) is 18.2 Å². The topological polar surface area (TPSA) is 46.4 Å². The first-order chi connectivity index (χ1) is 9.09. The molecule has 0 spiro atoms. The van der Waals surface area contributed by atoms with Crippen LogP contribution in [0, 0.1) is 0 Å². The van der Waals surface area contributed by atoms with Gasteiger partial charge in [0.05, 0.1) is 22.8 Å². The van der Waals surface area contributed by atoms with Gasteiger partial charge in [-0.15, -0.1) is 0 Å². The lowest BCUT2D eigenvalue weighted by atomic mass is 10.1. The molecule has 1 N–H and O–H groups in total. The van der Waals surface area contributed by atoms with E-state index in [1.54, 1.807) is 4.57 Å². The first-order valence-electron chi connectivity index (χ1n) is 6.50. The van der Waals surface area contributed by atoms with E-state index in [0.717, 1.165) is 28.8 Å². The molecule has 1 aromatic carbocycles. The number of fused-ring (bicyclic) bond motifs is 3. The summed E-state index contributed by atoms with van der Waals surface area (Å²) >= 11 is 0. The number of nitrogens with one attached hydrogen (secondary N) is 1. The van der Waals surface area contributed by atoms with Crippen molar-refractivity contribution in [1.29, 1.82) is 0 Å². The van der Waals surface area contributed by atoms with Crippen LogP contribution >= 0.6 is 0 Å². The average molecular weight is 255 g/mol. The van der Waals surface area contributed by atoms with Gasteiger partial charge in [-0.25, -0.2) is 0 Å². The Hall–Kier alpha value is -2.10. The fourth-order valence-corrected chi connectivity index (χ4v) is 2.71. The first kappa shape index (κ1) is 12.0. The second-order valence-electron chi connectivity index (χ2n) is 5.08. The third-order valence-electron chi connectivity index (χ3n) is 3.65. The minimum Gasteiger partial charge on any atom is -0.382 e. The molecular formula is C15H17N3O. The molecule has 0 fully saturated rings. The van der Waals surface area contributed by atoms with Crippen molar-refractivity contribution < 1.29 is 0 Å². The molecule has 4 nitrogen and oxygen atoms in total. The van der Waals surface area contributed by atoms with Gasteiger partial charge >= 0.3 is 0 Å². The van der Waals surface area contributed by atoms with Gasteiger partial charge in [-0.3, -0.25) is 9.79 Å². The van der Waals surface area contributed by atoms with E-state index in [0.29, 0.717) is 5.56 Å². The summed E-state index contributed by atoms with van der Waals surface area (Å²) in [5.74, 6) is 0. The highest BCUT2D eigenvalue weighted by Gasteiger charge is 2.20. The van der Waals surface area contributed by atoms with Crippen molar-refractivity contribution in [1.82, 2.24) is 4.57 Å². The average Bonchev–Trinajstić information content (AvgIpc) is 2.55. The summed E-state index contributed by atoms with van der Waals surface area (Å²) in [6, 6.07) is 8.14. The summed E-state index contributed by atoms with van der Waals surface area (Å²) in [6.07, 6.45) is 0. The number of aromatic nitrogens is 1. The zero-order valence-electron chi connectivity index (χ0n) is 11.4. The van der Waals surface area contributed by atoms with E-state index in [1.807, 2.05) is 38.2 Å². The van der Waals surface area contributed by atoms with E-state index in [4.69, 9.17) is 0 Å². The van der Waals surface area contributed by atoms with Gasteiger partial charge in [0.2, 0.25) is 0 Å². The third-order valence-corrected chi connectivity index (χ3v) is 3.65. The van der Waals surface area contributed by atoms with E-state index in [1.165, 1.54) is 0 Å². The second kappa shape index (κ2) is 4.23. The minimum atomic E-state index is 0.0107. The molecule has 0 radical (unpaired) electrons. The molecule has 1 aliphatic rings. The van der Waals surface area contributed by atoms with Gasteiger partial charge in [0, 0.05) is 24.7 Å². The predicted molar refractivity (Wildman–Crippen MR) is 79.4 cm³/mol. The zero-order valence-corrected chi connectivity index (χ0v) is 11.4.